The summed E-state index contributed by atoms with van der Waals surface area (Å²) >= 11 is 1.33. The van der Waals surface area contributed by atoms with Gasteiger partial charge in [-0.25, -0.2) is 14.8 Å². The third-order valence-electron chi connectivity index (χ3n) is 6.85. The fraction of sp³-hybridized carbons (Fsp3) is 0.360. The number of piperidine rings is 1. The number of aromatic nitrogens is 2. The minimum Gasteiger partial charge on any atom is -0.463 e. The van der Waals surface area contributed by atoms with Gasteiger partial charge in [-0.15, -0.1) is 0 Å². The van der Waals surface area contributed by atoms with Crippen molar-refractivity contribution in [1.29, 1.82) is 0 Å². The van der Waals surface area contributed by atoms with E-state index in [1.807, 2.05) is 34.1 Å². The molecule has 0 saturated carbocycles. The molecule has 1 aliphatic carbocycles. The molecule has 0 unspecified atom stereocenters. The molecule has 8 nitrogen and oxygen atoms in total. The standard InChI is InChI=1S/C25H24N4O4S/c30-22(15-34-24-26-10-7-19(27-24)20-6-3-13-32-20)28-11-8-17(9-12-28)29-23-18-5-2-1-4-16(18)14-21(23)33-25(29)31/h1-7,10,13,17,21,23H,8-9,11-12,14-15H2/t21-,23+/m0/s1. The average Bonchev–Trinajstić information content (AvgIpc) is 3.59. The Labute approximate surface area is 201 Å². The first-order valence-electron chi connectivity index (χ1n) is 11.5. The van der Waals surface area contributed by atoms with Gasteiger partial charge in [-0.2, -0.15) is 0 Å². The molecule has 2 atom stereocenters. The van der Waals surface area contributed by atoms with Crippen LogP contribution in [0, 0.1) is 0 Å². The minimum absolute atomic E-state index is 0.00917. The van der Waals surface area contributed by atoms with Crippen molar-refractivity contribution in [3.8, 4) is 11.5 Å². The summed E-state index contributed by atoms with van der Waals surface area (Å²) in [5.74, 6) is 1.00. The SMILES string of the molecule is O=C(CSc1nccc(-c2ccco2)n1)N1CCC(N2C(=O)O[C@H]3Cc4ccccc4[C@H]32)CC1. The highest BCUT2D eigenvalue weighted by atomic mass is 32.2. The molecule has 0 bridgehead atoms. The molecule has 2 saturated heterocycles. The number of hydrogen-bond donors (Lipinski definition) is 0. The molecule has 9 heteroatoms. The molecular weight excluding hydrogens is 452 g/mol. The van der Waals surface area contributed by atoms with Crippen molar-refractivity contribution < 1.29 is 18.7 Å². The zero-order valence-corrected chi connectivity index (χ0v) is 19.3. The molecule has 3 aliphatic rings. The number of amides is 2. The first kappa shape index (κ1) is 21.2. The van der Waals surface area contributed by atoms with Crippen LogP contribution >= 0.6 is 11.8 Å². The number of furan rings is 1. The Kier molecular flexibility index (Phi) is 5.49. The topological polar surface area (TPSA) is 88.8 Å². The number of nitrogens with zero attached hydrogens (tertiary/aromatic N) is 4. The number of fused-ring (bicyclic) bond motifs is 3. The normalized spacial score (nSPS) is 21.9. The van der Waals surface area contributed by atoms with Gasteiger partial charge in [-0.05, 0) is 42.2 Å². The molecule has 0 spiro atoms. The predicted molar refractivity (Wildman–Crippen MR) is 125 cm³/mol. The smallest absolute Gasteiger partial charge is 0.411 e. The van der Waals surface area contributed by atoms with Gasteiger partial charge in [0.2, 0.25) is 5.91 Å². The van der Waals surface area contributed by atoms with Crippen LogP contribution in [0.15, 0.2) is 64.5 Å². The van der Waals surface area contributed by atoms with E-state index in [0.29, 0.717) is 29.7 Å². The van der Waals surface area contributed by atoms with E-state index < -0.39 is 0 Å². The van der Waals surface area contributed by atoms with Crippen LogP contribution in [0.4, 0.5) is 4.79 Å². The Morgan fingerprint density at radius 1 is 1.12 bits per heavy atom. The molecule has 2 aromatic heterocycles. The van der Waals surface area contributed by atoms with Gasteiger partial charge in [0, 0.05) is 31.7 Å². The zero-order valence-electron chi connectivity index (χ0n) is 18.5. The summed E-state index contributed by atoms with van der Waals surface area (Å²) in [5, 5.41) is 0.544. The maximum Gasteiger partial charge on any atom is 0.411 e. The van der Waals surface area contributed by atoms with E-state index in [-0.39, 0.29) is 35.9 Å². The van der Waals surface area contributed by atoms with Gasteiger partial charge in [-0.1, -0.05) is 36.0 Å². The monoisotopic (exact) mass is 476 g/mol. The molecular formula is C25H24N4O4S. The summed E-state index contributed by atoms with van der Waals surface area (Å²) in [7, 11) is 0. The van der Waals surface area contributed by atoms with Crippen LogP contribution in [0.25, 0.3) is 11.5 Å². The van der Waals surface area contributed by atoms with Crippen LogP contribution in [0.1, 0.15) is 30.0 Å². The van der Waals surface area contributed by atoms with Gasteiger partial charge in [0.1, 0.15) is 11.8 Å². The van der Waals surface area contributed by atoms with Crippen LogP contribution in [0.3, 0.4) is 0 Å². The third kappa shape index (κ3) is 3.83. The summed E-state index contributed by atoms with van der Waals surface area (Å²) in [6.07, 6.45) is 5.23. The third-order valence-corrected chi connectivity index (χ3v) is 7.70. The summed E-state index contributed by atoms with van der Waals surface area (Å²) in [6, 6.07) is 13.8. The lowest BCUT2D eigenvalue weighted by Crippen LogP contribution is -2.48. The number of hydrogen-bond acceptors (Lipinski definition) is 7. The van der Waals surface area contributed by atoms with Crippen LogP contribution < -0.4 is 0 Å². The molecule has 4 heterocycles. The highest BCUT2D eigenvalue weighted by Gasteiger charge is 2.50. The molecule has 2 amide bonds. The molecule has 3 aromatic rings. The maximum atomic E-state index is 12.8. The average molecular weight is 477 g/mol. The second kappa shape index (κ2) is 8.79. The van der Waals surface area contributed by atoms with Crippen molar-refractivity contribution >= 4 is 23.8 Å². The molecule has 1 aromatic carbocycles. The highest BCUT2D eigenvalue weighted by molar-refractivity contribution is 7.99. The molecule has 6 rings (SSSR count). The minimum atomic E-state index is -0.224. The second-order valence-corrected chi connectivity index (χ2v) is 9.72. The number of carbonyl (C=O) groups excluding carboxylic acids is 2. The number of rotatable bonds is 5. The molecule has 0 radical (unpaired) electrons. The molecule has 0 N–H and O–H groups in total. The van der Waals surface area contributed by atoms with Gasteiger partial charge >= 0.3 is 6.09 Å². The Balaban J connectivity index is 1.06. The molecule has 34 heavy (non-hydrogen) atoms. The number of carbonyl (C=O) groups is 2. The van der Waals surface area contributed by atoms with Gasteiger partial charge in [0.05, 0.1) is 18.1 Å². The van der Waals surface area contributed by atoms with Crippen LogP contribution in [0.5, 0.6) is 0 Å². The van der Waals surface area contributed by atoms with Crippen molar-refractivity contribution in [1.82, 2.24) is 19.8 Å². The number of benzene rings is 1. The van der Waals surface area contributed by atoms with Crippen LogP contribution in [-0.4, -0.2) is 62.8 Å². The lowest BCUT2D eigenvalue weighted by atomic mass is 9.99. The Morgan fingerprint density at radius 3 is 2.79 bits per heavy atom. The Hall–Kier alpha value is -3.33. The van der Waals surface area contributed by atoms with E-state index in [0.717, 1.165) is 19.3 Å². The number of ether oxygens (including phenoxy) is 1. The fourth-order valence-corrected chi connectivity index (χ4v) is 5.97. The van der Waals surface area contributed by atoms with E-state index in [9.17, 15) is 9.59 Å². The van der Waals surface area contributed by atoms with E-state index >= 15 is 0 Å². The van der Waals surface area contributed by atoms with Gasteiger partial charge in [0.15, 0.2) is 10.9 Å². The van der Waals surface area contributed by atoms with E-state index in [1.165, 1.54) is 22.9 Å². The predicted octanol–water partition coefficient (Wildman–Crippen LogP) is 3.94. The van der Waals surface area contributed by atoms with Crippen LogP contribution in [0.2, 0.25) is 0 Å². The Bertz CT molecular complexity index is 1210. The summed E-state index contributed by atoms with van der Waals surface area (Å²) in [4.78, 5) is 38.1. The lowest BCUT2D eigenvalue weighted by Gasteiger charge is -2.37. The Morgan fingerprint density at radius 2 is 1.97 bits per heavy atom. The maximum absolute atomic E-state index is 12.8. The van der Waals surface area contributed by atoms with Crippen molar-refractivity contribution in [3.05, 3.63) is 66.1 Å². The zero-order chi connectivity index (χ0) is 23.1. The quantitative estimate of drug-likeness (QED) is 0.407. The van der Waals surface area contributed by atoms with Gasteiger partial charge in [-0.3, -0.25) is 9.69 Å². The summed E-state index contributed by atoms with van der Waals surface area (Å²) < 4.78 is 11.1. The van der Waals surface area contributed by atoms with E-state index in [1.54, 1.807) is 18.5 Å². The van der Waals surface area contributed by atoms with Gasteiger partial charge < -0.3 is 14.1 Å². The summed E-state index contributed by atoms with van der Waals surface area (Å²) in [5.41, 5.74) is 3.16. The van der Waals surface area contributed by atoms with Crippen LogP contribution in [-0.2, 0) is 16.0 Å². The molecule has 2 fully saturated rings. The van der Waals surface area contributed by atoms with Crippen molar-refractivity contribution in [3.63, 3.8) is 0 Å². The van der Waals surface area contributed by atoms with E-state index in [2.05, 4.69) is 22.1 Å². The second-order valence-electron chi connectivity index (χ2n) is 8.78. The van der Waals surface area contributed by atoms with Gasteiger partial charge in [0.25, 0.3) is 0 Å². The lowest BCUT2D eigenvalue weighted by molar-refractivity contribution is -0.129. The first-order chi connectivity index (χ1) is 16.7. The largest absolute Gasteiger partial charge is 0.463 e. The summed E-state index contributed by atoms with van der Waals surface area (Å²) in [6.45, 7) is 1.25. The first-order valence-corrected chi connectivity index (χ1v) is 12.5. The van der Waals surface area contributed by atoms with Crippen molar-refractivity contribution in [2.45, 2.75) is 42.6 Å². The highest BCUT2D eigenvalue weighted by Crippen LogP contribution is 2.44. The van der Waals surface area contributed by atoms with Crippen molar-refractivity contribution in [2.75, 3.05) is 18.8 Å². The molecule has 174 valence electrons. The van der Waals surface area contributed by atoms with E-state index in [4.69, 9.17) is 9.15 Å². The number of likely N-dealkylation sites (tertiary alicyclic amines) is 1. The molecule has 2 aliphatic heterocycles. The number of thioether (sulfide) groups is 1. The fourth-order valence-electron chi connectivity index (χ4n) is 5.24. The van der Waals surface area contributed by atoms with Crippen molar-refractivity contribution in [2.24, 2.45) is 0 Å².